The maximum absolute atomic E-state index is 12.8. The summed E-state index contributed by atoms with van der Waals surface area (Å²) in [5.41, 5.74) is 3.63. The third-order valence-electron chi connectivity index (χ3n) is 7.05. The first-order valence-electron chi connectivity index (χ1n) is 10.3. The van der Waals surface area contributed by atoms with Crippen LogP contribution in [-0.2, 0) is 5.41 Å². The van der Waals surface area contributed by atoms with Crippen LogP contribution in [0.2, 0.25) is 5.02 Å². The molecule has 2 N–H and O–H groups in total. The summed E-state index contributed by atoms with van der Waals surface area (Å²) in [6.07, 6.45) is 3.07. The lowest BCUT2D eigenvalue weighted by Gasteiger charge is -2.42. The summed E-state index contributed by atoms with van der Waals surface area (Å²) in [6, 6.07) is 12.1. The van der Waals surface area contributed by atoms with E-state index >= 15 is 0 Å². The van der Waals surface area contributed by atoms with E-state index < -0.39 is 5.41 Å². The summed E-state index contributed by atoms with van der Waals surface area (Å²) in [7, 11) is 0. The number of benzene rings is 2. The van der Waals surface area contributed by atoms with Crippen molar-refractivity contribution in [2.45, 2.75) is 43.1 Å². The van der Waals surface area contributed by atoms with E-state index in [0.717, 1.165) is 48.5 Å². The molecule has 0 amide bonds. The summed E-state index contributed by atoms with van der Waals surface area (Å²) in [5, 5.41) is 14.7. The van der Waals surface area contributed by atoms with Gasteiger partial charge >= 0.3 is 0 Å². The van der Waals surface area contributed by atoms with Gasteiger partial charge in [0, 0.05) is 0 Å². The number of hydrogen-bond acceptors (Lipinski definition) is 4. The molecule has 5 nitrogen and oxygen atoms in total. The molecule has 3 aromatic rings. The SMILES string of the molecule is O=c1nc2n(c3c(Cl)cccc13)-c1cc(C3CCNCC3)ccc1C21CC(O)C1. The van der Waals surface area contributed by atoms with Crippen molar-refractivity contribution < 1.29 is 5.11 Å². The molecule has 29 heavy (non-hydrogen) atoms. The van der Waals surface area contributed by atoms with Crippen LogP contribution in [0.15, 0.2) is 41.2 Å². The molecule has 1 saturated heterocycles. The van der Waals surface area contributed by atoms with Gasteiger partial charge in [0.25, 0.3) is 5.56 Å². The lowest BCUT2D eigenvalue weighted by Crippen LogP contribution is -2.45. The van der Waals surface area contributed by atoms with E-state index in [1.807, 2.05) is 6.07 Å². The molecule has 2 fully saturated rings. The van der Waals surface area contributed by atoms with Gasteiger partial charge in [0.1, 0.15) is 5.82 Å². The molecule has 6 heteroatoms. The average molecular weight is 408 g/mol. The van der Waals surface area contributed by atoms with Gasteiger partial charge in [-0.15, -0.1) is 0 Å². The Morgan fingerprint density at radius 1 is 1.17 bits per heavy atom. The van der Waals surface area contributed by atoms with Crippen molar-refractivity contribution in [3.63, 3.8) is 0 Å². The van der Waals surface area contributed by atoms with E-state index in [2.05, 4.69) is 33.1 Å². The van der Waals surface area contributed by atoms with Crippen molar-refractivity contribution in [2.75, 3.05) is 13.1 Å². The second kappa shape index (κ2) is 6.14. The number of nitrogens with zero attached hydrogens (tertiary/aromatic N) is 2. The van der Waals surface area contributed by atoms with Gasteiger partial charge in [0.05, 0.1) is 33.1 Å². The monoisotopic (exact) mass is 407 g/mol. The summed E-state index contributed by atoms with van der Waals surface area (Å²) >= 11 is 6.61. The molecule has 0 bridgehead atoms. The normalized spacial score (nSPS) is 25.8. The molecule has 3 heterocycles. The number of hydrogen-bond donors (Lipinski definition) is 2. The molecular weight excluding hydrogens is 386 g/mol. The molecule has 1 spiro atoms. The molecule has 0 unspecified atom stereocenters. The number of halogens is 1. The van der Waals surface area contributed by atoms with E-state index in [1.165, 1.54) is 5.56 Å². The summed E-state index contributed by atoms with van der Waals surface area (Å²) in [4.78, 5) is 17.3. The van der Waals surface area contributed by atoms with Crippen LogP contribution in [0.1, 0.15) is 48.6 Å². The van der Waals surface area contributed by atoms with Gasteiger partial charge in [0.15, 0.2) is 0 Å². The third-order valence-corrected chi connectivity index (χ3v) is 7.35. The van der Waals surface area contributed by atoms with E-state index in [-0.39, 0.29) is 11.7 Å². The van der Waals surface area contributed by atoms with Crippen LogP contribution >= 0.6 is 11.6 Å². The Morgan fingerprint density at radius 3 is 2.72 bits per heavy atom. The number of para-hydroxylation sites is 1. The first-order valence-corrected chi connectivity index (χ1v) is 10.7. The number of aliphatic hydroxyl groups excluding tert-OH is 1. The number of rotatable bonds is 1. The number of aromatic nitrogens is 2. The van der Waals surface area contributed by atoms with Gasteiger partial charge in [-0.1, -0.05) is 29.8 Å². The molecular formula is C23H22ClN3O2. The van der Waals surface area contributed by atoms with Crippen LogP contribution in [-0.4, -0.2) is 33.9 Å². The molecule has 3 aliphatic rings. The second-order valence-electron chi connectivity index (χ2n) is 8.66. The summed E-state index contributed by atoms with van der Waals surface area (Å²) < 4.78 is 2.09. The van der Waals surface area contributed by atoms with E-state index in [1.54, 1.807) is 12.1 Å². The van der Waals surface area contributed by atoms with Crippen LogP contribution < -0.4 is 10.9 Å². The Hall–Kier alpha value is -2.21. The minimum absolute atomic E-state index is 0.249. The Bertz CT molecular complexity index is 1210. The van der Waals surface area contributed by atoms with E-state index in [9.17, 15) is 9.90 Å². The Morgan fingerprint density at radius 2 is 1.97 bits per heavy atom. The molecule has 1 aromatic heterocycles. The summed E-state index contributed by atoms with van der Waals surface area (Å²) in [6.45, 7) is 2.08. The van der Waals surface area contributed by atoms with Crippen molar-refractivity contribution in [3.05, 3.63) is 68.7 Å². The zero-order valence-electron chi connectivity index (χ0n) is 16.0. The zero-order chi connectivity index (χ0) is 19.8. The zero-order valence-corrected chi connectivity index (χ0v) is 16.7. The van der Waals surface area contributed by atoms with Gasteiger partial charge in [-0.25, -0.2) is 0 Å². The van der Waals surface area contributed by atoms with Crippen molar-refractivity contribution in [1.82, 2.24) is 14.9 Å². The highest BCUT2D eigenvalue weighted by Gasteiger charge is 2.54. The number of aliphatic hydroxyl groups is 1. The Labute approximate surface area is 173 Å². The maximum Gasteiger partial charge on any atom is 0.280 e. The fraction of sp³-hybridized carbons (Fsp3) is 0.391. The number of piperidine rings is 1. The molecule has 2 aromatic carbocycles. The molecule has 2 aliphatic heterocycles. The highest BCUT2D eigenvalue weighted by molar-refractivity contribution is 6.35. The second-order valence-corrected chi connectivity index (χ2v) is 9.06. The lowest BCUT2D eigenvalue weighted by atomic mass is 9.63. The smallest absolute Gasteiger partial charge is 0.280 e. The highest BCUT2D eigenvalue weighted by atomic mass is 35.5. The van der Waals surface area contributed by atoms with Gasteiger partial charge in [-0.05, 0) is 74.0 Å². The fourth-order valence-electron chi connectivity index (χ4n) is 5.60. The minimum Gasteiger partial charge on any atom is -0.393 e. The third kappa shape index (κ3) is 2.35. The van der Waals surface area contributed by atoms with Crippen LogP contribution in [0, 0.1) is 0 Å². The fourth-order valence-corrected chi connectivity index (χ4v) is 5.86. The lowest BCUT2D eigenvalue weighted by molar-refractivity contribution is 0.0361. The van der Waals surface area contributed by atoms with Crippen LogP contribution in [0.5, 0.6) is 0 Å². The molecule has 148 valence electrons. The Kier molecular flexibility index (Phi) is 3.74. The Balaban J connectivity index is 1.65. The van der Waals surface area contributed by atoms with Crippen molar-refractivity contribution >= 4 is 22.5 Å². The van der Waals surface area contributed by atoms with Crippen molar-refractivity contribution in [1.29, 1.82) is 0 Å². The van der Waals surface area contributed by atoms with Crippen molar-refractivity contribution in [2.24, 2.45) is 0 Å². The molecule has 0 radical (unpaired) electrons. The molecule has 1 saturated carbocycles. The number of nitrogens with one attached hydrogen (secondary N) is 1. The van der Waals surface area contributed by atoms with E-state index in [0.29, 0.717) is 29.2 Å². The molecule has 1 aliphatic carbocycles. The topological polar surface area (TPSA) is 67.2 Å². The van der Waals surface area contributed by atoms with E-state index in [4.69, 9.17) is 11.6 Å². The maximum atomic E-state index is 12.8. The summed E-state index contributed by atoms with van der Waals surface area (Å²) in [5.74, 6) is 1.26. The predicted octanol–water partition coefficient (Wildman–Crippen LogP) is 3.26. The number of fused-ring (bicyclic) bond motifs is 7. The van der Waals surface area contributed by atoms with Gasteiger partial charge in [0.2, 0.25) is 0 Å². The quantitative estimate of drug-likeness (QED) is 0.649. The highest BCUT2D eigenvalue weighted by Crippen LogP contribution is 2.55. The van der Waals surface area contributed by atoms with Crippen LogP contribution in [0.3, 0.4) is 0 Å². The first-order chi connectivity index (χ1) is 14.1. The van der Waals surface area contributed by atoms with Gasteiger partial charge in [-0.2, -0.15) is 4.98 Å². The predicted molar refractivity (Wildman–Crippen MR) is 113 cm³/mol. The van der Waals surface area contributed by atoms with Crippen LogP contribution in [0.25, 0.3) is 16.6 Å². The largest absolute Gasteiger partial charge is 0.393 e. The standard InChI is InChI=1S/C23H22ClN3O2/c24-18-3-1-2-16-20(18)27-19-10-14(13-6-8-25-9-7-13)4-5-17(19)23(11-15(28)12-23)22(27)26-21(16)29/h1-5,10,13,15,25,28H,6-9,11-12H2. The minimum atomic E-state index is -0.395. The van der Waals surface area contributed by atoms with Crippen molar-refractivity contribution in [3.8, 4) is 5.69 Å². The average Bonchev–Trinajstić information content (AvgIpc) is 2.99. The first kappa shape index (κ1) is 17.6. The molecule has 0 atom stereocenters. The molecule has 6 rings (SSSR count). The van der Waals surface area contributed by atoms with Gasteiger partial charge in [-0.3, -0.25) is 9.36 Å². The van der Waals surface area contributed by atoms with Gasteiger partial charge < -0.3 is 10.4 Å². The van der Waals surface area contributed by atoms with Crippen LogP contribution in [0.4, 0.5) is 0 Å².